The van der Waals surface area contributed by atoms with Gasteiger partial charge >= 0.3 is 0 Å². The number of morpholine rings is 1. The van der Waals surface area contributed by atoms with Crippen LogP contribution in [0.5, 0.6) is 0 Å². The number of nitrogens with zero attached hydrogens (tertiary/aromatic N) is 2. The minimum atomic E-state index is -3.54. The van der Waals surface area contributed by atoms with E-state index in [1.807, 2.05) is 24.3 Å². The van der Waals surface area contributed by atoms with Crippen molar-refractivity contribution in [2.45, 2.75) is 12.8 Å². The Morgan fingerprint density at radius 2 is 1.73 bits per heavy atom. The second kappa shape index (κ2) is 9.90. The van der Waals surface area contributed by atoms with Gasteiger partial charge in [-0.2, -0.15) is 0 Å². The van der Waals surface area contributed by atoms with E-state index >= 15 is 0 Å². The van der Waals surface area contributed by atoms with E-state index in [-0.39, 0.29) is 18.9 Å². The third kappa shape index (κ3) is 6.17. The number of sulfonamides is 1. The van der Waals surface area contributed by atoms with E-state index in [0.29, 0.717) is 31.0 Å². The van der Waals surface area contributed by atoms with Gasteiger partial charge in [-0.15, -0.1) is 0 Å². The number of rotatable bonds is 8. The fraction of sp³-hybridized carbons (Fsp3) is 0.381. The lowest BCUT2D eigenvalue weighted by molar-refractivity contribution is -0.116. The summed E-state index contributed by atoms with van der Waals surface area (Å²) in [6, 6.07) is 12.9. The number of amides is 1. The van der Waals surface area contributed by atoms with E-state index in [1.165, 1.54) is 28.6 Å². The van der Waals surface area contributed by atoms with Crippen LogP contribution in [-0.2, 0) is 19.6 Å². The Morgan fingerprint density at radius 1 is 1.10 bits per heavy atom. The lowest BCUT2D eigenvalue weighted by Crippen LogP contribution is -2.36. The second-order valence-electron chi connectivity index (χ2n) is 7.11. The Kier molecular flexibility index (Phi) is 7.28. The van der Waals surface area contributed by atoms with Crippen LogP contribution in [0.3, 0.4) is 0 Å². The summed E-state index contributed by atoms with van der Waals surface area (Å²) in [5.41, 5.74) is 2.15. The van der Waals surface area contributed by atoms with Crippen molar-refractivity contribution >= 4 is 33.0 Å². The predicted molar refractivity (Wildman–Crippen MR) is 116 cm³/mol. The molecule has 1 aliphatic rings. The summed E-state index contributed by atoms with van der Waals surface area (Å²) in [7, 11) is -3.54. The third-order valence-corrected chi connectivity index (χ3v) is 6.00. The second-order valence-corrected chi connectivity index (χ2v) is 9.02. The van der Waals surface area contributed by atoms with Gasteiger partial charge in [0.05, 0.1) is 25.2 Å². The summed E-state index contributed by atoms with van der Waals surface area (Å²) in [5, 5.41) is 2.83. The lowest BCUT2D eigenvalue weighted by Gasteiger charge is -2.28. The molecule has 1 amide bonds. The summed E-state index contributed by atoms with van der Waals surface area (Å²) < 4.78 is 43.8. The number of hydrogen-bond donors (Lipinski definition) is 1. The Hall–Kier alpha value is -2.65. The maximum atomic E-state index is 13.1. The standard InChI is InChI=1S/C21H26FN3O4S/c1-30(27,28)25(20-8-4-17(22)5-9-20)12-2-3-21(26)23-18-6-10-19(11-7-18)24-13-15-29-16-14-24/h4-11H,2-3,12-16H2,1H3,(H,23,26). The summed E-state index contributed by atoms with van der Waals surface area (Å²) in [5.74, 6) is -0.632. The van der Waals surface area contributed by atoms with Crippen LogP contribution < -0.4 is 14.5 Å². The SMILES string of the molecule is CS(=O)(=O)N(CCCC(=O)Nc1ccc(N2CCOCC2)cc1)c1ccc(F)cc1. The van der Waals surface area contributed by atoms with E-state index in [2.05, 4.69) is 10.2 Å². The van der Waals surface area contributed by atoms with E-state index in [4.69, 9.17) is 4.74 Å². The zero-order valence-corrected chi connectivity index (χ0v) is 17.7. The molecule has 2 aromatic rings. The van der Waals surface area contributed by atoms with Crippen molar-refractivity contribution in [3.8, 4) is 0 Å². The Bertz CT molecular complexity index is 943. The first-order valence-electron chi connectivity index (χ1n) is 9.79. The van der Waals surface area contributed by atoms with Crippen LogP contribution in [-0.4, -0.2) is 53.4 Å². The summed E-state index contributed by atoms with van der Waals surface area (Å²) in [6.45, 7) is 3.24. The molecule has 0 atom stereocenters. The van der Waals surface area contributed by atoms with Crippen molar-refractivity contribution in [3.05, 3.63) is 54.3 Å². The van der Waals surface area contributed by atoms with Crippen LogP contribution in [0.15, 0.2) is 48.5 Å². The van der Waals surface area contributed by atoms with Gasteiger partial charge < -0.3 is 15.0 Å². The maximum Gasteiger partial charge on any atom is 0.232 e. The molecule has 1 heterocycles. The number of carbonyl (C=O) groups excluding carboxylic acids is 1. The first kappa shape index (κ1) is 22.0. The number of benzene rings is 2. The van der Waals surface area contributed by atoms with Crippen molar-refractivity contribution in [3.63, 3.8) is 0 Å². The molecule has 1 saturated heterocycles. The van der Waals surface area contributed by atoms with E-state index in [9.17, 15) is 17.6 Å². The molecule has 0 aliphatic carbocycles. The molecule has 0 spiro atoms. The van der Waals surface area contributed by atoms with Crippen LogP contribution in [0, 0.1) is 5.82 Å². The van der Waals surface area contributed by atoms with Gasteiger partial charge in [0.1, 0.15) is 5.82 Å². The zero-order chi connectivity index (χ0) is 21.6. The lowest BCUT2D eigenvalue weighted by atomic mass is 10.2. The largest absolute Gasteiger partial charge is 0.378 e. The summed E-state index contributed by atoms with van der Waals surface area (Å²) in [6.07, 6.45) is 1.59. The Morgan fingerprint density at radius 3 is 2.33 bits per heavy atom. The molecule has 1 N–H and O–H groups in total. The van der Waals surface area contributed by atoms with E-state index < -0.39 is 15.8 Å². The molecular formula is C21H26FN3O4S. The third-order valence-electron chi connectivity index (χ3n) is 4.81. The Balaban J connectivity index is 1.51. The molecule has 3 rings (SSSR count). The van der Waals surface area contributed by atoms with Crippen LogP contribution in [0.25, 0.3) is 0 Å². The number of nitrogens with one attached hydrogen (secondary N) is 1. The maximum absolute atomic E-state index is 13.1. The average molecular weight is 436 g/mol. The minimum Gasteiger partial charge on any atom is -0.378 e. The van der Waals surface area contributed by atoms with E-state index in [0.717, 1.165) is 25.0 Å². The normalized spacial score (nSPS) is 14.4. The molecule has 2 aromatic carbocycles. The van der Waals surface area contributed by atoms with Crippen molar-refractivity contribution < 1.29 is 22.3 Å². The van der Waals surface area contributed by atoms with Crippen LogP contribution in [0.4, 0.5) is 21.5 Å². The van der Waals surface area contributed by atoms with Gasteiger partial charge in [0.15, 0.2) is 0 Å². The average Bonchev–Trinajstić information content (AvgIpc) is 2.72. The molecule has 1 aliphatic heterocycles. The number of ether oxygens (including phenoxy) is 1. The molecule has 9 heteroatoms. The fourth-order valence-electron chi connectivity index (χ4n) is 3.28. The molecule has 0 bridgehead atoms. The molecule has 162 valence electrons. The number of halogens is 1. The summed E-state index contributed by atoms with van der Waals surface area (Å²) >= 11 is 0. The molecule has 0 saturated carbocycles. The highest BCUT2D eigenvalue weighted by Gasteiger charge is 2.18. The first-order chi connectivity index (χ1) is 14.3. The molecular weight excluding hydrogens is 409 g/mol. The zero-order valence-electron chi connectivity index (χ0n) is 16.9. The van der Waals surface area contributed by atoms with Gasteiger partial charge in [0.25, 0.3) is 0 Å². The molecule has 0 radical (unpaired) electrons. The predicted octanol–water partition coefficient (Wildman–Crippen LogP) is 2.85. The number of hydrogen-bond acceptors (Lipinski definition) is 5. The van der Waals surface area contributed by atoms with Crippen LogP contribution in [0.2, 0.25) is 0 Å². The highest BCUT2D eigenvalue weighted by Crippen LogP contribution is 2.20. The minimum absolute atomic E-state index is 0.133. The first-order valence-corrected chi connectivity index (χ1v) is 11.6. The van der Waals surface area contributed by atoms with Gasteiger partial charge in [-0.3, -0.25) is 9.10 Å². The van der Waals surface area contributed by atoms with Gasteiger partial charge in [0, 0.05) is 37.4 Å². The quantitative estimate of drug-likeness (QED) is 0.690. The van der Waals surface area contributed by atoms with Crippen molar-refractivity contribution in [2.75, 3.05) is 53.6 Å². The van der Waals surface area contributed by atoms with Crippen molar-refractivity contribution in [2.24, 2.45) is 0 Å². The molecule has 30 heavy (non-hydrogen) atoms. The number of carbonyl (C=O) groups is 1. The molecule has 0 aromatic heterocycles. The van der Waals surface area contributed by atoms with Gasteiger partial charge in [-0.25, -0.2) is 12.8 Å². The fourth-order valence-corrected chi connectivity index (χ4v) is 4.24. The van der Waals surface area contributed by atoms with Gasteiger partial charge in [0.2, 0.25) is 15.9 Å². The van der Waals surface area contributed by atoms with Crippen molar-refractivity contribution in [1.29, 1.82) is 0 Å². The van der Waals surface area contributed by atoms with Crippen molar-refractivity contribution in [1.82, 2.24) is 0 Å². The Labute approximate surface area is 176 Å². The molecule has 0 unspecified atom stereocenters. The monoisotopic (exact) mass is 435 g/mol. The molecule has 1 fully saturated rings. The highest BCUT2D eigenvalue weighted by molar-refractivity contribution is 7.92. The number of anilines is 3. The topological polar surface area (TPSA) is 79.0 Å². The molecule has 7 nitrogen and oxygen atoms in total. The highest BCUT2D eigenvalue weighted by atomic mass is 32.2. The van der Waals surface area contributed by atoms with E-state index in [1.54, 1.807) is 0 Å². The van der Waals surface area contributed by atoms with Crippen LogP contribution in [0.1, 0.15) is 12.8 Å². The van der Waals surface area contributed by atoms with Gasteiger partial charge in [-0.05, 0) is 55.0 Å². The summed E-state index contributed by atoms with van der Waals surface area (Å²) in [4.78, 5) is 14.5. The van der Waals surface area contributed by atoms with Crippen LogP contribution >= 0.6 is 0 Å². The smallest absolute Gasteiger partial charge is 0.232 e. The van der Waals surface area contributed by atoms with Gasteiger partial charge in [-0.1, -0.05) is 0 Å².